The van der Waals surface area contributed by atoms with Crippen molar-refractivity contribution >= 4 is 17.8 Å². The first-order valence-corrected chi connectivity index (χ1v) is 7.75. The third-order valence-electron chi connectivity index (χ3n) is 4.98. The number of aliphatic carboxylic acids is 1. The van der Waals surface area contributed by atoms with Gasteiger partial charge in [-0.1, -0.05) is 6.92 Å². The number of rotatable bonds is 4. The van der Waals surface area contributed by atoms with Crippen molar-refractivity contribution in [2.24, 2.45) is 23.7 Å². The third-order valence-corrected chi connectivity index (χ3v) is 4.98. The van der Waals surface area contributed by atoms with Crippen molar-refractivity contribution in [2.75, 3.05) is 26.2 Å². The number of hydrogen-bond donors (Lipinski definition) is 1. The summed E-state index contributed by atoms with van der Waals surface area (Å²) in [6.07, 6.45) is 2.66. The molecule has 0 bridgehead atoms. The molecule has 0 spiro atoms. The molecule has 0 aromatic heterocycles. The van der Waals surface area contributed by atoms with Gasteiger partial charge >= 0.3 is 5.97 Å². The standard InChI is InChI=1S/C15H22N2O4/c1-9-5-17(8-12(9)15(20)21)14(19)11-4-13(18)16(7-11)6-10-2-3-10/h9-12H,2-8H2,1H3,(H,20,21)/t9-,11?,12-/m1/s1. The van der Waals surface area contributed by atoms with E-state index in [2.05, 4.69) is 0 Å². The van der Waals surface area contributed by atoms with E-state index in [0.717, 1.165) is 6.54 Å². The predicted molar refractivity (Wildman–Crippen MR) is 74.3 cm³/mol. The first-order valence-electron chi connectivity index (χ1n) is 7.75. The van der Waals surface area contributed by atoms with Crippen molar-refractivity contribution < 1.29 is 19.5 Å². The van der Waals surface area contributed by atoms with Crippen LogP contribution in [0.5, 0.6) is 0 Å². The average molecular weight is 294 g/mol. The molecule has 0 aromatic carbocycles. The smallest absolute Gasteiger partial charge is 0.308 e. The van der Waals surface area contributed by atoms with E-state index >= 15 is 0 Å². The van der Waals surface area contributed by atoms with Crippen LogP contribution in [0.4, 0.5) is 0 Å². The van der Waals surface area contributed by atoms with Crippen LogP contribution in [-0.4, -0.2) is 58.9 Å². The number of hydrogen-bond acceptors (Lipinski definition) is 3. The Morgan fingerprint density at radius 1 is 1.24 bits per heavy atom. The van der Waals surface area contributed by atoms with Crippen molar-refractivity contribution in [2.45, 2.75) is 26.2 Å². The number of carbonyl (C=O) groups excluding carboxylic acids is 2. The number of carboxylic acids is 1. The maximum absolute atomic E-state index is 12.5. The van der Waals surface area contributed by atoms with Crippen LogP contribution in [0.25, 0.3) is 0 Å². The molecule has 0 radical (unpaired) electrons. The lowest BCUT2D eigenvalue weighted by Gasteiger charge is -2.21. The molecule has 1 aliphatic carbocycles. The Balaban J connectivity index is 1.58. The average Bonchev–Trinajstić information content (AvgIpc) is 3.04. The molecule has 2 heterocycles. The van der Waals surface area contributed by atoms with Gasteiger partial charge in [0.25, 0.3) is 0 Å². The first-order chi connectivity index (χ1) is 9.95. The van der Waals surface area contributed by atoms with Crippen LogP contribution in [0.1, 0.15) is 26.2 Å². The van der Waals surface area contributed by atoms with Crippen molar-refractivity contribution in [3.05, 3.63) is 0 Å². The molecule has 1 unspecified atom stereocenters. The molecule has 2 saturated heterocycles. The Kier molecular flexibility index (Phi) is 3.63. The Bertz CT molecular complexity index is 474. The molecule has 21 heavy (non-hydrogen) atoms. The Hall–Kier alpha value is -1.59. The normalized spacial score (nSPS) is 32.8. The molecule has 3 fully saturated rings. The minimum absolute atomic E-state index is 0.0221. The topological polar surface area (TPSA) is 77.9 Å². The van der Waals surface area contributed by atoms with E-state index in [-0.39, 0.29) is 36.6 Å². The van der Waals surface area contributed by atoms with Gasteiger partial charge in [0.15, 0.2) is 0 Å². The highest BCUT2D eigenvalue weighted by Crippen LogP contribution is 2.33. The molecule has 1 saturated carbocycles. The zero-order chi connectivity index (χ0) is 15.1. The van der Waals surface area contributed by atoms with Crippen molar-refractivity contribution in [1.82, 2.24) is 9.80 Å². The number of amides is 2. The van der Waals surface area contributed by atoms with Crippen LogP contribution < -0.4 is 0 Å². The van der Waals surface area contributed by atoms with Gasteiger partial charge in [0, 0.05) is 32.6 Å². The van der Waals surface area contributed by atoms with Crippen molar-refractivity contribution in [3.8, 4) is 0 Å². The monoisotopic (exact) mass is 294 g/mol. The molecular formula is C15H22N2O4. The molecule has 116 valence electrons. The SMILES string of the molecule is C[C@@H]1CN(C(=O)C2CC(=O)N(CC3CC3)C2)C[C@H]1C(=O)O. The molecular weight excluding hydrogens is 272 g/mol. The van der Waals surface area contributed by atoms with Crippen LogP contribution in [0.15, 0.2) is 0 Å². The van der Waals surface area contributed by atoms with E-state index in [1.54, 1.807) is 4.90 Å². The van der Waals surface area contributed by atoms with E-state index in [9.17, 15) is 14.4 Å². The van der Waals surface area contributed by atoms with Crippen LogP contribution in [0, 0.1) is 23.7 Å². The van der Waals surface area contributed by atoms with Gasteiger partial charge in [-0.25, -0.2) is 0 Å². The highest BCUT2D eigenvalue weighted by Gasteiger charge is 2.43. The Morgan fingerprint density at radius 3 is 2.52 bits per heavy atom. The fraction of sp³-hybridized carbons (Fsp3) is 0.800. The van der Waals surface area contributed by atoms with Gasteiger partial charge in [0.1, 0.15) is 0 Å². The van der Waals surface area contributed by atoms with Crippen LogP contribution in [0.3, 0.4) is 0 Å². The van der Waals surface area contributed by atoms with Gasteiger partial charge in [-0.15, -0.1) is 0 Å². The van der Waals surface area contributed by atoms with Crippen LogP contribution >= 0.6 is 0 Å². The third kappa shape index (κ3) is 2.89. The maximum Gasteiger partial charge on any atom is 0.308 e. The highest BCUT2D eigenvalue weighted by atomic mass is 16.4. The zero-order valence-corrected chi connectivity index (χ0v) is 12.3. The fourth-order valence-corrected chi connectivity index (χ4v) is 3.45. The summed E-state index contributed by atoms with van der Waals surface area (Å²) < 4.78 is 0. The minimum atomic E-state index is -0.837. The van der Waals surface area contributed by atoms with Gasteiger partial charge in [0.05, 0.1) is 11.8 Å². The quantitative estimate of drug-likeness (QED) is 0.815. The van der Waals surface area contributed by atoms with Gasteiger partial charge in [-0.3, -0.25) is 14.4 Å². The van der Waals surface area contributed by atoms with Gasteiger partial charge in [0.2, 0.25) is 11.8 Å². The molecule has 3 rings (SSSR count). The van der Waals surface area contributed by atoms with Gasteiger partial charge in [-0.05, 0) is 24.7 Å². The first kappa shape index (κ1) is 14.4. The second-order valence-corrected chi connectivity index (χ2v) is 6.81. The lowest BCUT2D eigenvalue weighted by atomic mass is 9.99. The Morgan fingerprint density at radius 2 is 1.95 bits per heavy atom. The highest BCUT2D eigenvalue weighted by molar-refractivity contribution is 5.89. The number of likely N-dealkylation sites (tertiary alicyclic amines) is 2. The Labute approximate surface area is 124 Å². The summed E-state index contributed by atoms with van der Waals surface area (Å²) in [5, 5.41) is 9.14. The van der Waals surface area contributed by atoms with E-state index in [4.69, 9.17) is 5.11 Å². The van der Waals surface area contributed by atoms with Gasteiger partial charge < -0.3 is 14.9 Å². The maximum atomic E-state index is 12.5. The summed E-state index contributed by atoms with van der Waals surface area (Å²) >= 11 is 0. The lowest BCUT2D eigenvalue weighted by Crippen LogP contribution is -2.36. The van der Waals surface area contributed by atoms with E-state index in [0.29, 0.717) is 19.0 Å². The van der Waals surface area contributed by atoms with Gasteiger partial charge in [-0.2, -0.15) is 0 Å². The summed E-state index contributed by atoms with van der Waals surface area (Å²) in [6, 6.07) is 0. The van der Waals surface area contributed by atoms with Crippen LogP contribution in [-0.2, 0) is 14.4 Å². The van der Waals surface area contributed by atoms with Crippen molar-refractivity contribution in [1.29, 1.82) is 0 Å². The number of carboxylic acid groups (broad SMARTS) is 1. The summed E-state index contributed by atoms with van der Waals surface area (Å²) in [5.41, 5.74) is 0. The summed E-state index contributed by atoms with van der Waals surface area (Å²) in [5.74, 6) is -0.961. The second-order valence-electron chi connectivity index (χ2n) is 6.81. The van der Waals surface area contributed by atoms with E-state index in [1.807, 2.05) is 11.8 Å². The summed E-state index contributed by atoms with van der Waals surface area (Å²) in [4.78, 5) is 39.1. The largest absolute Gasteiger partial charge is 0.481 e. The molecule has 1 N–H and O–H groups in total. The number of carbonyl (C=O) groups is 3. The molecule has 0 aromatic rings. The number of nitrogens with zero attached hydrogens (tertiary/aromatic N) is 2. The molecule has 3 aliphatic rings. The molecule has 3 atom stereocenters. The fourth-order valence-electron chi connectivity index (χ4n) is 3.45. The van der Waals surface area contributed by atoms with Crippen molar-refractivity contribution in [3.63, 3.8) is 0 Å². The zero-order valence-electron chi connectivity index (χ0n) is 12.3. The predicted octanol–water partition coefficient (Wildman–Crippen LogP) is 0.424. The second kappa shape index (κ2) is 5.31. The molecule has 2 amide bonds. The summed E-state index contributed by atoms with van der Waals surface area (Å²) in [7, 11) is 0. The van der Waals surface area contributed by atoms with Crippen LogP contribution in [0.2, 0.25) is 0 Å². The molecule has 2 aliphatic heterocycles. The minimum Gasteiger partial charge on any atom is -0.481 e. The molecule has 6 nitrogen and oxygen atoms in total. The lowest BCUT2D eigenvalue weighted by molar-refractivity contribution is -0.142. The molecule has 6 heteroatoms. The van der Waals surface area contributed by atoms with E-state index in [1.165, 1.54) is 12.8 Å². The van der Waals surface area contributed by atoms with E-state index < -0.39 is 11.9 Å². The summed E-state index contributed by atoms with van der Waals surface area (Å²) in [6.45, 7) is 3.94.